The lowest BCUT2D eigenvalue weighted by atomic mass is 10.1. The predicted molar refractivity (Wildman–Crippen MR) is 84.1 cm³/mol. The molecule has 3 N–H and O–H groups in total. The second-order valence-corrected chi connectivity index (χ2v) is 5.08. The number of nitrogens with zero attached hydrogens (tertiary/aromatic N) is 1. The highest BCUT2D eigenvalue weighted by Gasteiger charge is 2.11. The van der Waals surface area contributed by atoms with E-state index in [2.05, 4.69) is 21.2 Å². The summed E-state index contributed by atoms with van der Waals surface area (Å²) in [7, 11) is 0. The van der Waals surface area contributed by atoms with Gasteiger partial charge >= 0.3 is 0 Å². The normalized spacial score (nSPS) is 9.71. The predicted octanol–water partition coefficient (Wildman–Crippen LogP) is 3.19. The fourth-order valence-corrected chi connectivity index (χ4v) is 2.06. The molecule has 2 aromatic carbocycles. The monoisotopic (exact) mass is 345 g/mol. The third-order valence-electron chi connectivity index (χ3n) is 2.66. The first-order valence-corrected chi connectivity index (χ1v) is 6.85. The highest BCUT2D eigenvalue weighted by molar-refractivity contribution is 9.10. The van der Waals surface area contributed by atoms with Crippen molar-refractivity contribution in [2.24, 2.45) is 0 Å². The number of anilines is 2. The van der Waals surface area contributed by atoms with Crippen molar-refractivity contribution in [2.75, 3.05) is 17.7 Å². The molecule has 21 heavy (non-hydrogen) atoms. The highest BCUT2D eigenvalue weighted by Crippen LogP contribution is 2.21. The van der Waals surface area contributed by atoms with Crippen LogP contribution in [0.4, 0.5) is 11.4 Å². The second-order valence-electron chi connectivity index (χ2n) is 4.16. The van der Waals surface area contributed by atoms with E-state index in [0.29, 0.717) is 22.7 Å². The van der Waals surface area contributed by atoms with Gasteiger partial charge in [0.2, 0.25) is 0 Å². The number of hydrogen-bond acceptors (Lipinski definition) is 4. The molecule has 0 unspecified atom stereocenters. The molecule has 0 spiro atoms. The Morgan fingerprint density at radius 2 is 2.14 bits per heavy atom. The number of ether oxygens (including phenoxy) is 1. The Balaban J connectivity index is 2.16. The van der Waals surface area contributed by atoms with Gasteiger partial charge in [0.15, 0.2) is 6.61 Å². The van der Waals surface area contributed by atoms with Gasteiger partial charge in [0, 0.05) is 21.9 Å². The Morgan fingerprint density at radius 1 is 1.33 bits per heavy atom. The quantitative estimate of drug-likeness (QED) is 0.833. The summed E-state index contributed by atoms with van der Waals surface area (Å²) in [6.45, 7) is -0.0457. The molecular weight excluding hydrogens is 334 g/mol. The molecule has 0 saturated carbocycles. The molecule has 0 fully saturated rings. The van der Waals surface area contributed by atoms with Crippen molar-refractivity contribution >= 4 is 33.2 Å². The summed E-state index contributed by atoms with van der Waals surface area (Å²) in [5.74, 6) is 0.197. The zero-order valence-corrected chi connectivity index (χ0v) is 12.6. The Labute approximate surface area is 130 Å². The van der Waals surface area contributed by atoms with Crippen molar-refractivity contribution in [1.82, 2.24) is 0 Å². The maximum atomic E-state index is 12.2. The van der Waals surface area contributed by atoms with E-state index < -0.39 is 0 Å². The van der Waals surface area contributed by atoms with Crippen LogP contribution in [0.1, 0.15) is 10.4 Å². The Morgan fingerprint density at radius 3 is 2.90 bits per heavy atom. The molecule has 0 bridgehead atoms. The van der Waals surface area contributed by atoms with E-state index in [0.717, 1.165) is 4.47 Å². The summed E-state index contributed by atoms with van der Waals surface area (Å²) in [6, 6.07) is 13.8. The van der Waals surface area contributed by atoms with E-state index in [9.17, 15) is 4.79 Å². The molecule has 5 nitrogen and oxygen atoms in total. The molecule has 0 aromatic heterocycles. The number of nitrogens with one attached hydrogen (secondary N) is 1. The Kier molecular flexibility index (Phi) is 4.80. The van der Waals surface area contributed by atoms with Gasteiger partial charge in [-0.05, 0) is 30.3 Å². The lowest BCUT2D eigenvalue weighted by molar-refractivity contribution is 0.102. The first-order chi connectivity index (χ1) is 10.1. The second kappa shape index (κ2) is 6.77. The van der Waals surface area contributed by atoms with Crippen LogP contribution in [-0.4, -0.2) is 12.5 Å². The third kappa shape index (κ3) is 3.97. The number of benzene rings is 2. The van der Waals surface area contributed by atoms with E-state index in [1.165, 1.54) is 0 Å². The number of halogens is 1. The van der Waals surface area contributed by atoms with Crippen LogP contribution < -0.4 is 15.8 Å². The zero-order valence-electron chi connectivity index (χ0n) is 11.0. The summed E-state index contributed by atoms with van der Waals surface area (Å²) >= 11 is 3.30. The molecule has 0 atom stereocenters. The summed E-state index contributed by atoms with van der Waals surface area (Å²) < 4.78 is 5.95. The smallest absolute Gasteiger partial charge is 0.257 e. The van der Waals surface area contributed by atoms with Crippen molar-refractivity contribution in [3.05, 3.63) is 52.5 Å². The zero-order chi connectivity index (χ0) is 15.2. The topological polar surface area (TPSA) is 88.1 Å². The van der Waals surface area contributed by atoms with Gasteiger partial charge in [0.1, 0.15) is 11.8 Å². The van der Waals surface area contributed by atoms with Crippen molar-refractivity contribution in [3.63, 3.8) is 0 Å². The van der Waals surface area contributed by atoms with Gasteiger partial charge in [-0.3, -0.25) is 4.79 Å². The van der Waals surface area contributed by atoms with Gasteiger partial charge in [0.25, 0.3) is 5.91 Å². The molecule has 6 heteroatoms. The number of carbonyl (C=O) groups excluding carboxylic acids is 1. The molecule has 0 aliphatic rings. The van der Waals surface area contributed by atoms with Gasteiger partial charge in [-0.2, -0.15) is 5.26 Å². The van der Waals surface area contributed by atoms with Crippen LogP contribution in [0, 0.1) is 11.3 Å². The van der Waals surface area contributed by atoms with E-state index in [-0.39, 0.29) is 12.5 Å². The van der Waals surface area contributed by atoms with E-state index in [1.807, 2.05) is 6.07 Å². The minimum absolute atomic E-state index is 0.0457. The average molecular weight is 346 g/mol. The number of hydrogen-bond donors (Lipinski definition) is 2. The van der Waals surface area contributed by atoms with Gasteiger partial charge in [-0.1, -0.05) is 22.0 Å². The average Bonchev–Trinajstić information content (AvgIpc) is 2.48. The molecule has 0 radical (unpaired) electrons. The summed E-state index contributed by atoms with van der Waals surface area (Å²) in [6.07, 6.45) is 0. The Bertz CT molecular complexity index is 710. The maximum Gasteiger partial charge on any atom is 0.257 e. The van der Waals surface area contributed by atoms with Crippen LogP contribution in [0.5, 0.6) is 5.75 Å². The van der Waals surface area contributed by atoms with Crippen LogP contribution in [0.15, 0.2) is 46.9 Å². The SMILES string of the molecule is N#CCOc1cccc(NC(=O)c2cc(Br)ccc2N)c1. The minimum Gasteiger partial charge on any atom is -0.479 e. The van der Waals surface area contributed by atoms with Crippen LogP contribution in [0.3, 0.4) is 0 Å². The van der Waals surface area contributed by atoms with Crippen LogP contribution in [-0.2, 0) is 0 Å². The number of amides is 1. The molecule has 0 heterocycles. The van der Waals surface area contributed by atoms with Gasteiger partial charge in [0.05, 0.1) is 5.56 Å². The van der Waals surface area contributed by atoms with E-state index in [4.69, 9.17) is 15.7 Å². The van der Waals surface area contributed by atoms with Crippen LogP contribution in [0.2, 0.25) is 0 Å². The molecule has 1 amide bonds. The van der Waals surface area contributed by atoms with Crippen molar-refractivity contribution in [2.45, 2.75) is 0 Å². The fraction of sp³-hybridized carbons (Fsp3) is 0.0667. The molecule has 2 rings (SSSR count). The lowest BCUT2D eigenvalue weighted by Gasteiger charge is -2.09. The number of nitrogen functional groups attached to an aromatic ring is 1. The standard InChI is InChI=1S/C15H12BrN3O2/c16-10-4-5-14(18)13(8-10)15(20)19-11-2-1-3-12(9-11)21-7-6-17/h1-5,8-9H,7,18H2,(H,19,20). The first kappa shape index (κ1) is 14.9. The van der Waals surface area contributed by atoms with Crippen molar-refractivity contribution in [1.29, 1.82) is 5.26 Å². The third-order valence-corrected chi connectivity index (χ3v) is 3.15. The summed E-state index contributed by atoms with van der Waals surface area (Å²) in [5.41, 5.74) is 7.14. The molecule has 106 valence electrons. The number of nitriles is 1. The van der Waals surface area contributed by atoms with Gasteiger partial charge < -0.3 is 15.8 Å². The number of nitrogens with two attached hydrogens (primary N) is 1. The summed E-state index contributed by atoms with van der Waals surface area (Å²) in [4.78, 5) is 12.2. The van der Waals surface area contributed by atoms with Gasteiger partial charge in [-0.15, -0.1) is 0 Å². The number of carbonyl (C=O) groups is 1. The molecular formula is C15H12BrN3O2. The van der Waals surface area contributed by atoms with E-state index in [1.54, 1.807) is 42.5 Å². The van der Waals surface area contributed by atoms with Crippen LogP contribution in [0.25, 0.3) is 0 Å². The maximum absolute atomic E-state index is 12.2. The van der Waals surface area contributed by atoms with Crippen LogP contribution >= 0.6 is 15.9 Å². The molecule has 2 aromatic rings. The summed E-state index contributed by atoms with van der Waals surface area (Å²) in [5, 5.41) is 11.2. The number of rotatable bonds is 4. The molecule has 0 aliphatic carbocycles. The fourth-order valence-electron chi connectivity index (χ4n) is 1.70. The van der Waals surface area contributed by atoms with Crippen molar-refractivity contribution < 1.29 is 9.53 Å². The molecule has 0 saturated heterocycles. The Hall–Kier alpha value is -2.52. The largest absolute Gasteiger partial charge is 0.479 e. The van der Waals surface area contributed by atoms with E-state index >= 15 is 0 Å². The van der Waals surface area contributed by atoms with Gasteiger partial charge in [-0.25, -0.2) is 0 Å². The first-order valence-electron chi connectivity index (χ1n) is 6.06. The lowest BCUT2D eigenvalue weighted by Crippen LogP contribution is -2.14. The highest BCUT2D eigenvalue weighted by atomic mass is 79.9. The molecule has 0 aliphatic heterocycles. The minimum atomic E-state index is -0.314. The van der Waals surface area contributed by atoms with Crippen molar-refractivity contribution in [3.8, 4) is 11.8 Å².